The smallest absolute Gasteiger partial charge is 0.401 e. The number of ether oxygens (including phenoxy) is 1. The van der Waals surface area contributed by atoms with Crippen LogP contribution < -0.4 is 4.74 Å². The van der Waals surface area contributed by atoms with Crippen LogP contribution in [0.4, 0.5) is 30.7 Å². The molecule has 1 saturated heterocycles. The maximum absolute atomic E-state index is 15.4. The number of hydrogen-bond acceptors (Lipinski definition) is 3. The first-order valence-corrected chi connectivity index (χ1v) is 11.7. The van der Waals surface area contributed by atoms with Crippen molar-refractivity contribution in [3.63, 3.8) is 0 Å². The van der Waals surface area contributed by atoms with Gasteiger partial charge in [0.1, 0.15) is 29.3 Å². The lowest BCUT2D eigenvalue weighted by atomic mass is 9.91. The molecule has 0 aliphatic carbocycles. The van der Waals surface area contributed by atoms with Crippen LogP contribution in [0.25, 0.3) is 10.9 Å². The van der Waals surface area contributed by atoms with Gasteiger partial charge >= 0.3 is 6.18 Å². The summed E-state index contributed by atoms with van der Waals surface area (Å²) in [5.41, 5.74) is 0.691. The standard InChI is InChI=1S/C25H24F7N3O/c26-5-1-6-34-11-16(12-34)36-15-9-19(28)22(20(29)10-15)24-23-17(4-7-35(24)13-25(30,31)32)18-8-14(27)2-3-21(18)33-23/h2-3,8-10,16,24,33H,1,4-7,11-13H2/t24-/m0/s1. The van der Waals surface area contributed by atoms with E-state index in [0.29, 0.717) is 42.5 Å². The number of alkyl halides is 4. The number of rotatable bonds is 7. The summed E-state index contributed by atoms with van der Waals surface area (Å²) in [6.07, 6.45) is -4.36. The van der Waals surface area contributed by atoms with Gasteiger partial charge in [-0.3, -0.25) is 14.2 Å². The Morgan fingerprint density at radius 1 is 1.03 bits per heavy atom. The van der Waals surface area contributed by atoms with Crippen molar-refractivity contribution in [2.45, 2.75) is 31.2 Å². The maximum Gasteiger partial charge on any atom is 0.401 e. The topological polar surface area (TPSA) is 31.5 Å². The van der Waals surface area contributed by atoms with Crippen LogP contribution >= 0.6 is 0 Å². The Kier molecular flexibility index (Phi) is 6.63. The molecule has 0 bridgehead atoms. The predicted octanol–water partition coefficient (Wildman–Crippen LogP) is 5.52. The second kappa shape index (κ2) is 9.59. The van der Waals surface area contributed by atoms with Crippen molar-refractivity contribution < 1.29 is 35.5 Å². The van der Waals surface area contributed by atoms with Crippen molar-refractivity contribution in [2.24, 2.45) is 0 Å². The molecule has 3 aromatic rings. The summed E-state index contributed by atoms with van der Waals surface area (Å²) < 4.78 is 103. The Balaban J connectivity index is 1.48. The van der Waals surface area contributed by atoms with Crippen LogP contribution in [0.15, 0.2) is 30.3 Å². The van der Waals surface area contributed by atoms with Gasteiger partial charge < -0.3 is 9.72 Å². The maximum atomic E-state index is 15.4. The first kappa shape index (κ1) is 24.9. The van der Waals surface area contributed by atoms with Crippen LogP contribution in [0.3, 0.4) is 0 Å². The Morgan fingerprint density at radius 2 is 1.75 bits per heavy atom. The van der Waals surface area contributed by atoms with E-state index in [1.54, 1.807) is 0 Å². The molecular weight excluding hydrogens is 491 g/mol. The summed E-state index contributed by atoms with van der Waals surface area (Å²) in [6.45, 7) is -0.377. The van der Waals surface area contributed by atoms with Crippen molar-refractivity contribution in [3.05, 3.63) is 64.6 Å². The zero-order chi connectivity index (χ0) is 25.6. The largest absolute Gasteiger partial charge is 0.488 e. The molecule has 2 aromatic carbocycles. The number of nitrogens with one attached hydrogen (secondary N) is 1. The van der Waals surface area contributed by atoms with Crippen LogP contribution in [0.2, 0.25) is 0 Å². The molecule has 0 amide bonds. The van der Waals surface area contributed by atoms with E-state index in [-0.39, 0.29) is 30.5 Å². The summed E-state index contributed by atoms with van der Waals surface area (Å²) >= 11 is 0. The molecule has 5 rings (SSSR count). The second-order valence-electron chi connectivity index (χ2n) is 9.29. The fourth-order valence-electron chi connectivity index (χ4n) is 5.18. The number of H-pyrrole nitrogens is 1. The first-order chi connectivity index (χ1) is 17.1. The summed E-state index contributed by atoms with van der Waals surface area (Å²) in [5.74, 6) is -2.65. The number of halogens is 7. The van der Waals surface area contributed by atoms with E-state index in [2.05, 4.69) is 4.98 Å². The lowest BCUT2D eigenvalue weighted by Gasteiger charge is -2.39. The first-order valence-electron chi connectivity index (χ1n) is 11.7. The van der Waals surface area contributed by atoms with Gasteiger partial charge in [0.2, 0.25) is 0 Å². The van der Waals surface area contributed by atoms with Crippen LogP contribution in [-0.4, -0.2) is 66.5 Å². The van der Waals surface area contributed by atoms with Crippen LogP contribution in [0, 0.1) is 17.5 Å². The molecule has 4 nitrogen and oxygen atoms in total. The van der Waals surface area contributed by atoms with E-state index < -0.39 is 48.5 Å². The Bertz CT molecular complexity index is 1230. The highest BCUT2D eigenvalue weighted by Crippen LogP contribution is 2.42. The summed E-state index contributed by atoms with van der Waals surface area (Å²) in [4.78, 5) is 5.90. The van der Waals surface area contributed by atoms with Crippen molar-refractivity contribution in [2.75, 3.05) is 39.4 Å². The van der Waals surface area contributed by atoms with E-state index in [9.17, 15) is 22.0 Å². The van der Waals surface area contributed by atoms with Gasteiger partial charge in [-0.2, -0.15) is 13.2 Å². The third-order valence-electron chi connectivity index (χ3n) is 6.73. The lowest BCUT2D eigenvalue weighted by Crippen LogP contribution is -2.53. The normalized spacial score (nSPS) is 19.5. The number of hydrogen-bond donors (Lipinski definition) is 1. The predicted molar refractivity (Wildman–Crippen MR) is 119 cm³/mol. The van der Waals surface area contributed by atoms with Gasteiger partial charge in [-0.1, -0.05) is 0 Å². The van der Waals surface area contributed by atoms with Crippen LogP contribution in [-0.2, 0) is 6.42 Å². The third-order valence-corrected chi connectivity index (χ3v) is 6.73. The summed E-state index contributed by atoms with van der Waals surface area (Å²) in [6, 6.07) is 4.49. The zero-order valence-electron chi connectivity index (χ0n) is 19.1. The van der Waals surface area contributed by atoms with Gasteiger partial charge in [0.25, 0.3) is 0 Å². The molecule has 3 heterocycles. The highest BCUT2D eigenvalue weighted by Gasteiger charge is 2.41. The van der Waals surface area contributed by atoms with Gasteiger partial charge in [-0.05, 0) is 36.6 Å². The van der Waals surface area contributed by atoms with Gasteiger partial charge in [0.15, 0.2) is 0 Å². The van der Waals surface area contributed by atoms with E-state index in [1.807, 2.05) is 4.90 Å². The molecule has 1 N–H and O–H groups in total. The van der Waals surface area contributed by atoms with E-state index in [4.69, 9.17) is 4.74 Å². The fraction of sp³-hybridized carbons (Fsp3) is 0.440. The lowest BCUT2D eigenvalue weighted by molar-refractivity contribution is -0.150. The van der Waals surface area contributed by atoms with Gasteiger partial charge in [-0.15, -0.1) is 0 Å². The molecule has 2 aliphatic rings. The Hall–Kier alpha value is -2.79. The number of aromatic nitrogens is 1. The van der Waals surface area contributed by atoms with Crippen molar-refractivity contribution in [1.82, 2.24) is 14.8 Å². The molecule has 0 unspecified atom stereocenters. The highest BCUT2D eigenvalue weighted by molar-refractivity contribution is 5.85. The molecular formula is C25H24F7N3O. The molecule has 11 heteroatoms. The van der Waals surface area contributed by atoms with Gasteiger partial charge in [-0.25, -0.2) is 13.2 Å². The molecule has 1 fully saturated rings. The average Bonchev–Trinajstić information content (AvgIpc) is 3.12. The average molecular weight is 515 g/mol. The van der Waals surface area contributed by atoms with Gasteiger partial charge in [0.05, 0.1) is 19.3 Å². The molecule has 0 radical (unpaired) electrons. The molecule has 2 aliphatic heterocycles. The molecule has 194 valence electrons. The quantitative estimate of drug-likeness (QED) is 0.421. The second-order valence-corrected chi connectivity index (χ2v) is 9.29. The third kappa shape index (κ3) is 4.90. The van der Waals surface area contributed by atoms with E-state index >= 15 is 8.78 Å². The van der Waals surface area contributed by atoms with Crippen molar-refractivity contribution in [3.8, 4) is 5.75 Å². The Morgan fingerprint density at radius 3 is 2.42 bits per heavy atom. The minimum atomic E-state index is -4.60. The molecule has 1 aromatic heterocycles. The SMILES string of the molecule is FCCCN1CC(Oc2cc(F)c([C@H]3c4[nH]c5ccc(F)cc5c4CCN3CC(F)(F)F)c(F)c2)C1. The number of nitrogens with zero attached hydrogens (tertiary/aromatic N) is 2. The number of fused-ring (bicyclic) bond motifs is 3. The number of likely N-dealkylation sites (tertiary alicyclic amines) is 1. The molecule has 0 spiro atoms. The van der Waals surface area contributed by atoms with Gasteiger partial charge in [0, 0.05) is 60.5 Å². The molecule has 0 saturated carbocycles. The Labute approximate surface area is 202 Å². The van der Waals surface area contributed by atoms with E-state index in [1.165, 1.54) is 18.2 Å². The van der Waals surface area contributed by atoms with Crippen molar-refractivity contribution >= 4 is 10.9 Å². The number of benzene rings is 2. The summed E-state index contributed by atoms with van der Waals surface area (Å²) in [5, 5.41) is 0.477. The van der Waals surface area contributed by atoms with Crippen molar-refractivity contribution in [1.29, 1.82) is 0 Å². The van der Waals surface area contributed by atoms with E-state index in [0.717, 1.165) is 17.0 Å². The highest BCUT2D eigenvalue weighted by atomic mass is 19.4. The zero-order valence-corrected chi connectivity index (χ0v) is 19.1. The minimum absolute atomic E-state index is 0.0685. The molecule has 36 heavy (non-hydrogen) atoms. The van der Waals surface area contributed by atoms with Crippen LogP contribution in [0.5, 0.6) is 5.75 Å². The summed E-state index contributed by atoms with van der Waals surface area (Å²) in [7, 11) is 0. The fourth-order valence-corrected chi connectivity index (χ4v) is 5.18. The monoisotopic (exact) mass is 515 g/mol. The molecule has 1 atom stereocenters. The van der Waals surface area contributed by atoms with Crippen LogP contribution in [0.1, 0.15) is 29.3 Å². The number of aromatic amines is 1. The minimum Gasteiger partial charge on any atom is -0.488 e.